The summed E-state index contributed by atoms with van der Waals surface area (Å²) in [6.07, 6.45) is 1.97. The van der Waals surface area contributed by atoms with Crippen LogP contribution in [0.5, 0.6) is 0 Å². The molecule has 3 amide bonds. The average Bonchev–Trinajstić information content (AvgIpc) is 2.91. The van der Waals surface area contributed by atoms with Gasteiger partial charge in [-0.2, -0.15) is 0 Å². The largest absolute Gasteiger partial charge is 0.480 e. The molecule has 2 rings (SSSR count). The van der Waals surface area contributed by atoms with Crippen molar-refractivity contribution in [2.75, 3.05) is 6.54 Å². The lowest BCUT2D eigenvalue weighted by Gasteiger charge is -2.26. The van der Waals surface area contributed by atoms with Crippen molar-refractivity contribution in [1.29, 1.82) is 0 Å². The second kappa shape index (κ2) is 16.3. The third-order valence-electron chi connectivity index (χ3n) is 6.36. The molecular weight excluding hydrogens is 498 g/mol. The number of hydrogen-bond donors (Lipinski definition) is 6. The van der Waals surface area contributed by atoms with Crippen molar-refractivity contribution in [3.05, 3.63) is 71.8 Å². The summed E-state index contributed by atoms with van der Waals surface area (Å²) in [5.74, 6) is -3.20. The SMILES string of the molecule is CC(C)C(NC(=O)C(Cc1ccccc1)NC(=O)C(CCCCN)NC(=O)C(N)Cc1ccccc1)C(=O)O. The molecule has 0 bridgehead atoms. The molecule has 0 saturated heterocycles. The maximum atomic E-state index is 13.4. The maximum absolute atomic E-state index is 13.4. The molecule has 10 nitrogen and oxygen atoms in total. The summed E-state index contributed by atoms with van der Waals surface area (Å²) in [5.41, 5.74) is 13.4. The van der Waals surface area contributed by atoms with Crippen molar-refractivity contribution in [2.24, 2.45) is 17.4 Å². The van der Waals surface area contributed by atoms with Crippen LogP contribution in [0.15, 0.2) is 60.7 Å². The highest BCUT2D eigenvalue weighted by molar-refractivity contribution is 5.94. The van der Waals surface area contributed by atoms with Gasteiger partial charge in [-0.3, -0.25) is 14.4 Å². The molecule has 0 heterocycles. The lowest BCUT2D eigenvalue weighted by atomic mass is 10.0. The molecule has 4 atom stereocenters. The van der Waals surface area contributed by atoms with Gasteiger partial charge in [0.2, 0.25) is 17.7 Å². The molecule has 4 unspecified atom stereocenters. The Morgan fingerprint density at radius 3 is 1.77 bits per heavy atom. The zero-order valence-corrected chi connectivity index (χ0v) is 22.6. The Hall–Kier alpha value is -3.76. The van der Waals surface area contributed by atoms with E-state index in [1.807, 2.05) is 60.7 Å². The van der Waals surface area contributed by atoms with Gasteiger partial charge in [0.25, 0.3) is 0 Å². The van der Waals surface area contributed by atoms with E-state index in [0.717, 1.165) is 11.1 Å². The highest BCUT2D eigenvalue weighted by atomic mass is 16.4. The highest BCUT2D eigenvalue weighted by Gasteiger charge is 2.31. The number of carboxylic acid groups (broad SMARTS) is 1. The molecule has 39 heavy (non-hydrogen) atoms. The third kappa shape index (κ3) is 10.9. The lowest BCUT2D eigenvalue weighted by molar-refractivity contribution is -0.143. The monoisotopic (exact) mass is 539 g/mol. The molecule has 0 spiro atoms. The van der Waals surface area contributed by atoms with E-state index in [9.17, 15) is 24.3 Å². The Kier molecular flexibility index (Phi) is 13.1. The summed E-state index contributed by atoms with van der Waals surface area (Å²) in [7, 11) is 0. The van der Waals surface area contributed by atoms with Gasteiger partial charge in [-0.05, 0) is 49.3 Å². The van der Waals surface area contributed by atoms with Crippen LogP contribution in [-0.2, 0) is 32.0 Å². The summed E-state index contributed by atoms with van der Waals surface area (Å²) in [4.78, 5) is 51.2. The molecule has 8 N–H and O–H groups in total. The first-order valence-electron chi connectivity index (χ1n) is 13.3. The molecule has 10 heteroatoms. The molecule has 0 aliphatic carbocycles. The van der Waals surface area contributed by atoms with Gasteiger partial charge in [-0.25, -0.2) is 4.79 Å². The molecule has 0 radical (unpaired) electrons. The van der Waals surface area contributed by atoms with Gasteiger partial charge >= 0.3 is 5.97 Å². The van der Waals surface area contributed by atoms with Crippen LogP contribution in [0.25, 0.3) is 0 Å². The quantitative estimate of drug-likeness (QED) is 0.173. The number of nitrogens with one attached hydrogen (secondary N) is 3. The minimum absolute atomic E-state index is 0.139. The molecule has 0 saturated carbocycles. The molecule has 0 fully saturated rings. The number of carbonyl (C=O) groups is 4. The zero-order chi connectivity index (χ0) is 28.8. The molecule has 212 valence electrons. The Bertz CT molecular complexity index is 1060. The van der Waals surface area contributed by atoms with Crippen molar-refractivity contribution in [3.63, 3.8) is 0 Å². The van der Waals surface area contributed by atoms with E-state index in [1.165, 1.54) is 0 Å². The van der Waals surface area contributed by atoms with Crippen molar-refractivity contribution < 1.29 is 24.3 Å². The van der Waals surface area contributed by atoms with E-state index < -0.39 is 47.9 Å². The number of nitrogens with two attached hydrogens (primary N) is 2. The molecule has 0 aliphatic rings. The fourth-order valence-corrected chi connectivity index (χ4v) is 4.10. The second-order valence-corrected chi connectivity index (χ2v) is 9.96. The summed E-state index contributed by atoms with van der Waals surface area (Å²) in [5, 5.41) is 17.6. The highest BCUT2D eigenvalue weighted by Crippen LogP contribution is 2.09. The molecule has 2 aromatic rings. The van der Waals surface area contributed by atoms with E-state index >= 15 is 0 Å². The van der Waals surface area contributed by atoms with Crippen LogP contribution in [0.1, 0.15) is 44.2 Å². The van der Waals surface area contributed by atoms with E-state index in [2.05, 4.69) is 16.0 Å². The van der Waals surface area contributed by atoms with Crippen molar-refractivity contribution in [3.8, 4) is 0 Å². The number of rotatable bonds is 16. The van der Waals surface area contributed by atoms with Crippen LogP contribution in [0.2, 0.25) is 0 Å². The van der Waals surface area contributed by atoms with Crippen LogP contribution in [0, 0.1) is 5.92 Å². The molecule has 0 aromatic heterocycles. The Morgan fingerprint density at radius 2 is 1.26 bits per heavy atom. The summed E-state index contributed by atoms with van der Waals surface area (Å²) in [6, 6.07) is 14.4. The van der Waals surface area contributed by atoms with Crippen molar-refractivity contribution in [2.45, 2.75) is 70.1 Å². The lowest BCUT2D eigenvalue weighted by Crippen LogP contribution is -2.58. The van der Waals surface area contributed by atoms with E-state index in [0.29, 0.717) is 32.2 Å². The summed E-state index contributed by atoms with van der Waals surface area (Å²) in [6.45, 7) is 3.80. The second-order valence-electron chi connectivity index (χ2n) is 9.96. The fraction of sp³-hybridized carbons (Fsp3) is 0.448. The number of carbonyl (C=O) groups excluding carboxylic acids is 3. The molecule has 0 aliphatic heterocycles. The van der Waals surface area contributed by atoms with Gasteiger partial charge in [0.05, 0.1) is 6.04 Å². The molecule has 2 aromatic carbocycles. The number of unbranched alkanes of at least 4 members (excludes halogenated alkanes) is 1. The van der Waals surface area contributed by atoms with Gasteiger partial charge in [-0.15, -0.1) is 0 Å². The zero-order valence-electron chi connectivity index (χ0n) is 22.6. The predicted octanol–water partition coefficient (Wildman–Crippen LogP) is 1.12. The van der Waals surface area contributed by atoms with Crippen LogP contribution in [-0.4, -0.2) is 59.5 Å². The predicted molar refractivity (Wildman–Crippen MR) is 149 cm³/mol. The normalized spacial score (nSPS) is 14.1. The van der Waals surface area contributed by atoms with E-state index in [1.54, 1.807) is 13.8 Å². The third-order valence-corrected chi connectivity index (χ3v) is 6.36. The van der Waals surface area contributed by atoms with Crippen molar-refractivity contribution in [1.82, 2.24) is 16.0 Å². The first-order chi connectivity index (χ1) is 18.6. The number of benzene rings is 2. The first-order valence-corrected chi connectivity index (χ1v) is 13.3. The Morgan fingerprint density at radius 1 is 0.744 bits per heavy atom. The van der Waals surface area contributed by atoms with E-state index in [-0.39, 0.29) is 12.3 Å². The van der Waals surface area contributed by atoms with Gasteiger partial charge in [0, 0.05) is 6.42 Å². The van der Waals surface area contributed by atoms with Gasteiger partial charge in [-0.1, -0.05) is 74.5 Å². The average molecular weight is 540 g/mol. The number of aliphatic carboxylic acids is 1. The topological polar surface area (TPSA) is 177 Å². The minimum Gasteiger partial charge on any atom is -0.480 e. The van der Waals surface area contributed by atoms with Gasteiger partial charge < -0.3 is 32.5 Å². The van der Waals surface area contributed by atoms with Gasteiger partial charge in [0.1, 0.15) is 18.1 Å². The smallest absolute Gasteiger partial charge is 0.326 e. The van der Waals surface area contributed by atoms with Crippen LogP contribution >= 0.6 is 0 Å². The van der Waals surface area contributed by atoms with E-state index in [4.69, 9.17) is 11.5 Å². The minimum atomic E-state index is -1.16. The maximum Gasteiger partial charge on any atom is 0.326 e. The van der Waals surface area contributed by atoms with Crippen LogP contribution in [0.3, 0.4) is 0 Å². The summed E-state index contributed by atoms with van der Waals surface area (Å²) < 4.78 is 0. The Labute approximate surface area is 229 Å². The van der Waals surface area contributed by atoms with Crippen LogP contribution in [0.4, 0.5) is 0 Å². The summed E-state index contributed by atoms with van der Waals surface area (Å²) >= 11 is 0. The standard InChI is InChI=1S/C29H41N5O5/c1-19(2)25(29(38)39)34-28(37)24(18-21-13-7-4-8-14-21)33-27(36)23(15-9-10-16-30)32-26(35)22(31)17-20-11-5-3-6-12-20/h3-8,11-14,19,22-25H,9-10,15-18,30-31H2,1-2H3,(H,32,35)(H,33,36)(H,34,37)(H,38,39). The first kappa shape index (κ1) is 31.5. The van der Waals surface area contributed by atoms with Gasteiger partial charge in [0.15, 0.2) is 0 Å². The van der Waals surface area contributed by atoms with Crippen LogP contribution < -0.4 is 27.4 Å². The number of amides is 3. The Balaban J connectivity index is 2.20. The molecular formula is C29H41N5O5. The number of carboxylic acids is 1. The number of hydrogen-bond acceptors (Lipinski definition) is 6. The fourth-order valence-electron chi connectivity index (χ4n) is 4.10. The van der Waals surface area contributed by atoms with Crippen molar-refractivity contribution >= 4 is 23.7 Å².